The van der Waals surface area contributed by atoms with Crippen LogP contribution in [0.25, 0.3) is 38.7 Å². The summed E-state index contributed by atoms with van der Waals surface area (Å²) in [5.74, 6) is -1.23. The van der Waals surface area contributed by atoms with Gasteiger partial charge in [0, 0.05) is 10.8 Å². The highest BCUT2D eigenvalue weighted by molar-refractivity contribution is 8.16. The summed E-state index contributed by atoms with van der Waals surface area (Å²) in [6.07, 6.45) is 0. The molecular formula is C25H19N7O3S. The van der Waals surface area contributed by atoms with Gasteiger partial charge in [0.1, 0.15) is 22.2 Å². The Morgan fingerprint density at radius 3 is 2.56 bits per heavy atom. The van der Waals surface area contributed by atoms with Crippen LogP contribution in [0.15, 0.2) is 69.8 Å². The molecule has 1 amide bonds. The fourth-order valence-electron chi connectivity index (χ4n) is 4.19. The summed E-state index contributed by atoms with van der Waals surface area (Å²) in [4.78, 5) is 38.0. The van der Waals surface area contributed by atoms with Gasteiger partial charge in [-0.2, -0.15) is 4.99 Å². The molecule has 178 valence electrons. The van der Waals surface area contributed by atoms with E-state index in [2.05, 4.69) is 20.3 Å². The van der Waals surface area contributed by atoms with E-state index in [-0.39, 0.29) is 11.8 Å². The summed E-state index contributed by atoms with van der Waals surface area (Å²) in [6.45, 7) is 3.80. The largest absolute Gasteiger partial charge is 0.465 e. The number of amides is 1. The van der Waals surface area contributed by atoms with Crippen LogP contribution in [0.2, 0.25) is 0 Å². The van der Waals surface area contributed by atoms with Crippen molar-refractivity contribution >= 4 is 67.5 Å². The van der Waals surface area contributed by atoms with E-state index in [1.54, 1.807) is 6.92 Å². The lowest BCUT2D eigenvalue weighted by Gasteiger charge is -2.04. The number of H-pyrrole nitrogens is 1. The molecule has 3 aromatic carbocycles. The molecule has 1 unspecified atom stereocenters. The number of benzene rings is 2. The molecule has 0 radical (unpaired) electrons. The van der Waals surface area contributed by atoms with Crippen molar-refractivity contribution in [2.45, 2.75) is 19.1 Å². The second-order valence-electron chi connectivity index (χ2n) is 8.08. The lowest BCUT2D eigenvalue weighted by molar-refractivity contribution is -0.144. The van der Waals surface area contributed by atoms with Gasteiger partial charge in [-0.05, 0) is 26.0 Å². The molecule has 0 saturated carbocycles. The fraction of sp³-hybridized carbons (Fsp3) is 0.160. The number of aromatic amines is 1. The first kappa shape index (κ1) is 22.1. The predicted molar refractivity (Wildman–Crippen MR) is 138 cm³/mol. The van der Waals surface area contributed by atoms with Crippen LogP contribution in [-0.4, -0.2) is 48.6 Å². The molecule has 0 bridgehead atoms. The smallest absolute Gasteiger partial charge is 0.329 e. The van der Waals surface area contributed by atoms with Crippen molar-refractivity contribution in [3.05, 3.63) is 60.3 Å². The number of azo groups is 1. The van der Waals surface area contributed by atoms with E-state index >= 15 is 0 Å². The highest BCUT2D eigenvalue weighted by Gasteiger charge is 2.36. The number of aliphatic imine (C=N–C) groups is 1. The number of hydrogen-bond acceptors (Lipinski definition) is 8. The van der Waals surface area contributed by atoms with Crippen LogP contribution in [0.5, 0.6) is 0 Å². The summed E-state index contributed by atoms with van der Waals surface area (Å²) in [7, 11) is 0. The normalized spacial score (nSPS) is 16.0. The maximum atomic E-state index is 12.2. The van der Waals surface area contributed by atoms with Crippen LogP contribution in [0.3, 0.4) is 0 Å². The molecular weight excluding hydrogens is 478 g/mol. The summed E-state index contributed by atoms with van der Waals surface area (Å²) in [6, 6.07) is 17.6. The third kappa shape index (κ3) is 3.55. The number of aryl methyl sites for hydroxylation is 1. The second-order valence-corrected chi connectivity index (χ2v) is 9.15. The summed E-state index contributed by atoms with van der Waals surface area (Å²) in [5.41, 5.74) is 5.01. The minimum atomic E-state index is -1.05. The average molecular weight is 498 g/mol. The summed E-state index contributed by atoms with van der Waals surface area (Å²) >= 11 is 0.927. The van der Waals surface area contributed by atoms with Gasteiger partial charge in [0.2, 0.25) is 5.17 Å². The van der Waals surface area contributed by atoms with Gasteiger partial charge < -0.3 is 4.74 Å². The molecule has 5 aromatic rings. The summed E-state index contributed by atoms with van der Waals surface area (Å²) in [5, 5.41) is 12.7. The maximum absolute atomic E-state index is 12.2. The Bertz CT molecular complexity index is 1740. The molecule has 0 fully saturated rings. The number of esters is 1. The topological polar surface area (TPSA) is 127 Å². The van der Waals surface area contributed by atoms with E-state index in [0.29, 0.717) is 27.9 Å². The van der Waals surface area contributed by atoms with E-state index in [1.165, 1.54) is 0 Å². The SMILES string of the molecule is CCOC(=O)C1SC(N=Nc2c3ccccc3c3nc4c(nc23)c(C)[nH]n4-c2ccccc2)=NC1=O. The van der Waals surface area contributed by atoms with Crippen molar-refractivity contribution in [2.75, 3.05) is 6.61 Å². The number of rotatable bonds is 4. The number of para-hydroxylation sites is 1. The number of thioether (sulfide) groups is 1. The number of aromatic nitrogens is 4. The molecule has 1 aliphatic rings. The van der Waals surface area contributed by atoms with Crippen molar-refractivity contribution < 1.29 is 14.3 Å². The molecule has 1 atom stereocenters. The minimum absolute atomic E-state index is 0.102. The first-order valence-electron chi connectivity index (χ1n) is 11.3. The highest BCUT2D eigenvalue weighted by Crippen LogP contribution is 2.40. The van der Waals surface area contributed by atoms with Gasteiger partial charge in [-0.25, -0.2) is 14.6 Å². The number of carbonyl (C=O) groups is 2. The molecule has 6 rings (SSSR count). The second kappa shape index (κ2) is 8.68. The molecule has 1 N–H and O–H groups in total. The van der Waals surface area contributed by atoms with Crippen molar-refractivity contribution in [3.63, 3.8) is 0 Å². The van der Waals surface area contributed by atoms with Crippen molar-refractivity contribution in [3.8, 4) is 5.69 Å². The van der Waals surface area contributed by atoms with Gasteiger partial charge in [-0.1, -0.05) is 54.2 Å². The van der Waals surface area contributed by atoms with Crippen LogP contribution >= 0.6 is 11.8 Å². The zero-order valence-corrected chi connectivity index (χ0v) is 20.1. The van der Waals surface area contributed by atoms with Crippen LogP contribution in [-0.2, 0) is 14.3 Å². The number of fused-ring (bicyclic) bond motifs is 4. The quantitative estimate of drug-likeness (QED) is 0.211. The van der Waals surface area contributed by atoms with E-state index in [4.69, 9.17) is 14.7 Å². The van der Waals surface area contributed by atoms with Gasteiger partial charge in [-0.3, -0.25) is 14.7 Å². The third-order valence-corrected chi connectivity index (χ3v) is 6.80. The third-order valence-electron chi connectivity index (χ3n) is 5.79. The number of nitrogens with one attached hydrogen (secondary N) is 1. The Hall–Kier alpha value is -4.38. The lowest BCUT2D eigenvalue weighted by atomic mass is 10.2. The van der Waals surface area contributed by atoms with Gasteiger partial charge in [0.15, 0.2) is 10.9 Å². The Morgan fingerprint density at radius 2 is 1.78 bits per heavy atom. The van der Waals surface area contributed by atoms with Gasteiger partial charge in [0.25, 0.3) is 5.91 Å². The van der Waals surface area contributed by atoms with Gasteiger partial charge in [-0.15, -0.1) is 10.2 Å². The first-order valence-corrected chi connectivity index (χ1v) is 12.2. The number of ether oxygens (including phenoxy) is 1. The number of carbonyl (C=O) groups excluding carboxylic acids is 2. The van der Waals surface area contributed by atoms with Crippen molar-refractivity contribution in [2.24, 2.45) is 15.2 Å². The van der Waals surface area contributed by atoms with E-state index in [1.807, 2.05) is 66.2 Å². The number of hydrogen-bond donors (Lipinski definition) is 1. The van der Waals surface area contributed by atoms with Gasteiger partial charge >= 0.3 is 5.97 Å². The minimum Gasteiger partial charge on any atom is -0.465 e. The Kier molecular flexibility index (Phi) is 5.33. The Morgan fingerprint density at radius 1 is 1.03 bits per heavy atom. The number of amidine groups is 1. The zero-order valence-electron chi connectivity index (χ0n) is 19.3. The van der Waals surface area contributed by atoms with Crippen LogP contribution < -0.4 is 0 Å². The molecule has 11 heteroatoms. The maximum Gasteiger partial charge on any atom is 0.329 e. The predicted octanol–water partition coefficient (Wildman–Crippen LogP) is 5.01. The molecule has 36 heavy (non-hydrogen) atoms. The fourth-order valence-corrected chi connectivity index (χ4v) is 4.95. The monoisotopic (exact) mass is 497 g/mol. The first-order chi connectivity index (χ1) is 17.5. The molecule has 0 saturated heterocycles. The molecule has 1 aliphatic heterocycles. The van der Waals surface area contributed by atoms with E-state index in [9.17, 15) is 9.59 Å². The van der Waals surface area contributed by atoms with Gasteiger partial charge in [0.05, 0.1) is 18.0 Å². The molecule has 0 aliphatic carbocycles. The molecule has 3 heterocycles. The Labute approximate surface area is 208 Å². The molecule has 2 aromatic heterocycles. The van der Waals surface area contributed by atoms with Crippen LogP contribution in [0.4, 0.5) is 5.69 Å². The van der Waals surface area contributed by atoms with E-state index in [0.717, 1.165) is 33.9 Å². The molecule has 10 nitrogen and oxygen atoms in total. The molecule has 0 spiro atoms. The van der Waals surface area contributed by atoms with Crippen molar-refractivity contribution in [1.82, 2.24) is 19.7 Å². The van der Waals surface area contributed by atoms with Crippen molar-refractivity contribution in [1.29, 1.82) is 0 Å². The Balaban J connectivity index is 1.48. The van der Waals surface area contributed by atoms with Crippen LogP contribution in [0, 0.1) is 6.92 Å². The highest BCUT2D eigenvalue weighted by atomic mass is 32.2. The average Bonchev–Trinajstić information content (AvgIpc) is 3.53. The standard InChI is InChI=1S/C25H19N7O3S/c1-3-35-24(34)21-23(33)28-25(36-21)30-29-19-16-12-8-7-11-15(16)18-20(19)26-17-13(2)31-32(22(17)27-18)14-9-5-4-6-10-14/h4-12,21,31H,3H2,1-2H3. The number of nitrogens with zero attached hydrogens (tertiary/aromatic N) is 6. The van der Waals surface area contributed by atoms with E-state index < -0.39 is 17.1 Å². The lowest BCUT2D eigenvalue weighted by Crippen LogP contribution is -2.24. The summed E-state index contributed by atoms with van der Waals surface area (Å²) < 4.78 is 6.85. The van der Waals surface area contributed by atoms with Crippen LogP contribution in [0.1, 0.15) is 12.6 Å². The zero-order chi connectivity index (χ0) is 24.8.